The van der Waals surface area contributed by atoms with Crippen molar-refractivity contribution < 1.29 is 4.79 Å². The first-order valence-electron chi connectivity index (χ1n) is 6.89. The van der Waals surface area contributed by atoms with Gasteiger partial charge in [-0.3, -0.25) is 9.36 Å². The van der Waals surface area contributed by atoms with Crippen molar-refractivity contribution in [3.63, 3.8) is 0 Å². The summed E-state index contributed by atoms with van der Waals surface area (Å²) in [5.41, 5.74) is 1.81. The first-order chi connectivity index (χ1) is 10.5. The van der Waals surface area contributed by atoms with E-state index in [-0.39, 0.29) is 5.91 Å². The number of nitrogens with zero attached hydrogens (tertiary/aromatic N) is 3. The van der Waals surface area contributed by atoms with Crippen molar-refractivity contribution in [3.8, 4) is 5.82 Å². The number of nitrogens with one attached hydrogen (secondary N) is 1. The lowest BCUT2D eigenvalue weighted by molar-refractivity contribution is 0.103. The van der Waals surface area contributed by atoms with Crippen molar-refractivity contribution in [2.24, 2.45) is 0 Å². The van der Waals surface area contributed by atoms with E-state index in [1.165, 1.54) is 11.3 Å². The molecule has 0 saturated heterocycles. The maximum absolute atomic E-state index is 12.2. The van der Waals surface area contributed by atoms with E-state index in [2.05, 4.69) is 15.3 Å². The Morgan fingerprint density at radius 1 is 1.23 bits per heavy atom. The second kappa shape index (κ2) is 5.73. The first kappa shape index (κ1) is 14.5. The molecule has 3 rings (SSSR count). The fraction of sp³-hybridized carbons (Fsp3) is 0.188. The van der Waals surface area contributed by atoms with E-state index in [0.29, 0.717) is 10.6 Å². The Hall–Kier alpha value is -2.47. The van der Waals surface area contributed by atoms with Crippen molar-refractivity contribution in [2.45, 2.75) is 20.8 Å². The maximum atomic E-state index is 12.2. The van der Waals surface area contributed by atoms with Crippen molar-refractivity contribution >= 4 is 22.9 Å². The van der Waals surface area contributed by atoms with E-state index in [1.54, 1.807) is 12.4 Å². The van der Waals surface area contributed by atoms with Crippen LogP contribution in [0.5, 0.6) is 0 Å². The molecule has 0 unspecified atom stereocenters. The number of aryl methyl sites for hydroxylation is 3. The summed E-state index contributed by atoms with van der Waals surface area (Å²) >= 11 is 1.50. The van der Waals surface area contributed by atoms with Crippen LogP contribution in [0.15, 0.2) is 36.8 Å². The smallest absolute Gasteiger partial charge is 0.265 e. The summed E-state index contributed by atoms with van der Waals surface area (Å²) in [7, 11) is 0. The molecule has 0 bridgehead atoms. The van der Waals surface area contributed by atoms with Gasteiger partial charge in [-0.1, -0.05) is 0 Å². The highest BCUT2D eigenvalue weighted by atomic mass is 32.1. The molecule has 0 radical (unpaired) electrons. The van der Waals surface area contributed by atoms with Gasteiger partial charge in [-0.25, -0.2) is 9.97 Å². The van der Waals surface area contributed by atoms with Gasteiger partial charge in [0, 0.05) is 17.3 Å². The predicted octanol–water partition coefficient (Wildman–Crippen LogP) is 3.51. The van der Waals surface area contributed by atoms with Gasteiger partial charge in [0.1, 0.15) is 11.6 Å². The van der Waals surface area contributed by atoms with Crippen molar-refractivity contribution in [1.29, 1.82) is 0 Å². The van der Waals surface area contributed by atoms with E-state index in [9.17, 15) is 4.79 Å². The van der Waals surface area contributed by atoms with Gasteiger partial charge in [0.25, 0.3) is 5.91 Å². The number of amides is 1. The highest BCUT2D eigenvalue weighted by molar-refractivity contribution is 7.14. The Balaban J connectivity index is 1.76. The summed E-state index contributed by atoms with van der Waals surface area (Å²) in [4.78, 5) is 22.6. The first-order valence-corrected chi connectivity index (χ1v) is 7.71. The minimum atomic E-state index is -0.102. The number of carbonyl (C=O) groups is 1. The normalized spacial score (nSPS) is 10.7. The quantitative estimate of drug-likeness (QED) is 0.805. The zero-order valence-electron chi connectivity index (χ0n) is 12.6. The van der Waals surface area contributed by atoms with Crippen LogP contribution in [-0.2, 0) is 0 Å². The number of hydrogen-bond donors (Lipinski definition) is 1. The van der Waals surface area contributed by atoms with Gasteiger partial charge in [0.2, 0.25) is 0 Å². The lowest BCUT2D eigenvalue weighted by atomic mass is 10.3. The average molecular weight is 312 g/mol. The van der Waals surface area contributed by atoms with Crippen molar-refractivity contribution in [1.82, 2.24) is 14.5 Å². The van der Waals surface area contributed by atoms with Gasteiger partial charge < -0.3 is 5.32 Å². The molecule has 3 aromatic heterocycles. The van der Waals surface area contributed by atoms with E-state index in [0.717, 1.165) is 22.1 Å². The molecule has 5 nitrogen and oxygen atoms in total. The highest BCUT2D eigenvalue weighted by Crippen LogP contribution is 2.21. The van der Waals surface area contributed by atoms with Crippen LogP contribution in [0.25, 0.3) is 5.82 Å². The molecule has 22 heavy (non-hydrogen) atoms. The molecule has 0 spiro atoms. The SMILES string of the molecule is Cc1cc(C(=O)Nc2ccc(-n3ccnc3C)nc2)sc1C. The Kier molecular flexibility index (Phi) is 3.77. The van der Waals surface area contributed by atoms with Gasteiger partial charge in [-0.05, 0) is 44.5 Å². The van der Waals surface area contributed by atoms with E-state index in [4.69, 9.17) is 0 Å². The van der Waals surface area contributed by atoms with Crippen LogP contribution in [0, 0.1) is 20.8 Å². The monoisotopic (exact) mass is 312 g/mol. The third-order valence-corrected chi connectivity index (χ3v) is 4.62. The van der Waals surface area contributed by atoms with Crippen molar-refractivity contribution in [2.75, 3.05) is 5.32 Å². The van der Waals surface area contributed by atoms with E-state index >= 15 is 0 Å². The van der Waals surface area contributed by atoms with Gasteiger partial charge in [0.05, 0.1) is 16.8 Å². The van der Waals surface area contributed by atoms with Gasteiger partial charge >= 0.3 is 0 Å². The van der Waals surface area contributed by atoms with Crippen LogP contribution >= 0.6 is 11.3 Å². The number of thiophene rings is 1. The fourth-order valence-corrected chi connectivity index (χ4v) is 3.03. The number of anilines is 1. The standard InChI is InChI=1S/C16H16N4OS/c1-10-8-14(22-11(10)2)16(21)19-13-4-5-15(18-9-13)20-7-6-17-12(20)3/h4-9H,1-3H3,(H,19,21). The molecule has 0 aliphatic heterocycles. The molecule has 0 aromatic carbocycles. The molecule has 3 heterocycles. The summed E-state index contributed by atoms with van der Waals surface area (Å²) in [6, 6.07) is 5.61. The second-order valence-electron chi connectivity index (χ2n) is 5.05. The van der Waals surface area contributed by atoms with Gasteiger partial charge in [0.15, 0.2) is 0 Å². The predicted molar refractivity (Wildman–Crippen MR) is 87.8 cm³/mol. The average Bonchev–Trinajstić information content (AvgIpc) is 3.07. The van der Waals surface area contributed by atoms with Crippen molar-refractivity contribution in [3.05, 3.63) is 57.9 Å². The number of imidazole rings is 1. The molecule has 0 aliphatic rings. The van der Waals surface area contributed by atoms with Crippen LogP contribution < -0.4 is 5.32 Å². The fourth-order valence-electron chi connectivity index (χ4n) is 2.10. The number of pyridine rings is 1. The molecule has 0 atom stereocenters. The lowest BCUT2D eigenvalue weighted by Crippen LogP contribution is -2.10. The van der Waals surface area contributed by atoms with Gasteiger partial charge in [-0.15, -0.1) is 11.3 Å². The summed E-state index contributed by atoms with van der Waals surface area (Å²) in [5, 5.41) is 2.87. The number of aromatic nitrogens is 3. The van der Waals surface area contributed by atoms with Crippen LogP contribution in [0.4, 0.5) is 5.69 Å². The molecule has 1 amide bonds. The molecular formula is C16H16N4OS. The summed E-state index contributed by atoms with van der Waals surface area (Å²) < 4.78 is 1.89. The Bertz CT molecular complexity index is 798. The molecule has 3 aromatic rings. The number of carbonyl (C=O) groups excluding carboxylic acids is 1. The number of rotatable bonds is 3. The third-order valence-electron chi connectivity index (χ3n) is 3.47. The molecule has 0 aliphatic carbocycles. The zero-order chi connectivity index (χ0) is 15.7. The largest absolute Gasteiger partial charge is 0.320 e. The topological polar surface area (TPSA) is 59.8 Å². The maximum Gasteiger partial charge on any atom is 0.265 e. The summed E-state index contributed by atoms with van der Waals surface area (Å²) in [6.45, 7) is 5.94. The summed E-state index contributed by atoms with van der Waals surface area (Å²) in [6.07, 6.45) is 5.24. The Morgan fingerprint density at radius 2 is 2.05 bits per heavy atom. The highest BCUT2D eigenvalue weighted by Gasteiger charge is 2.11. The summed E-state index contributed by atoms with van der Waals surface area (Å²) in [5.74, 6) is 1.54. The second-order valence-corrected chi connectivity index (χ2v) is 6.31. The molecule has 1 N–H and O–H groups in total. The molecule has 112 valence electrons. The van der Waals surface area contributed by atoms with Crippen LogP contribution in [0.1, 0.15) is 25.9 Å². The Labute approximate surface area is 132 Å². The molecular weight excluding hydrogens is 296 g/mol. The minimum absolute atomic E-state index is 0.102. The lowest BCUT2D eigenvalue weighted by Gasteiger charge is -2.06. The Morgan fingerprint density at radius 3 is 2.59 bits per heavy atom. The molecule has 0 fully saturated rings. The third kappa shape index (κ3) is 2.78. The minimum Gasteiger partial charge on any atom is -0.320 e. The zero-order valence-corrected chi connectivity index (χ0v) is 13.4. The van der Waals surface area contributed by atoms with Gasteiger partial charge in [-0.2, -0.15) is 0 Å². The van der Waals surface area contributed by atoms with E-state index < -0.39 is 0 Å². The van der Waals surface area contributed by atoms with E-state index in [1.807, 2.05) is 49.7 Å². The molecule has 6 heteroatoms. The van der Waals surface area contributed by atoms with Crippen LogP contribution in [0.2, 0.25) is 0 Å². The number of hydrogen-bond acceptors (Lipinski definition) is 4. The molecule has 0 saturated carbocycles. The van der Waals surface area contributed by atoms with Crippen LogP contribution in [0.3, 0.4) is 0 Å². The van der Waals surface area contributed by atoms with Crippen LogP contribution in [-0.4, -0.2) is 20.4 Å².